The Balaban J connectivity index is 1.52. The predicted molar refractivity (Wildman–Crippen MR) is 117 cm³/mol. The number of carbonyl (C=O) groups is 2. The number of hydrogen-bond donors (Lipinski definition) is 2. The van der Waals surface area contributed by atoms with E-state index in [4.69, 9.17) is 11.6 Å². The zero-order valence-electron chi connectivity index (χ0n) is 15.7. The molecule has 2 heterocycles. The number of amides is 2. The summed E-state index contributed by atoms with van der Waals surface area (Å²) < 4.78 is 14.7. The molecule has 2 atom stereocenters. The van der Waals surface area contributed by atoms with Gasteiger partial charge in [-0.3, -0.25) is 9.59 Å². The monoisotopic (exact) mass is 449 g/mol. The Hall–Kier alpha value is -1.71. The molecule has 0 spiro atoms. The molecule has 2 aliphatic heterocycles. The summed E-state index contributed by atoms with van der Waals surface area (Å²) >= 11 is 6.37. The zero-order valence-corrected chi connectivity index (χ0v) is 18.1. The molecule has 2 aromatic carbocycles. The Morgan fingerprint density at radius 2 is 2.03 bits per heavy atom. The molecule has 0 aromatic heterocycles. The number of anilines is 2. The van der Waals surface area contributed by atoms with Crippen molar-refractivity contribution in [1.29, 1.82) is 0 Å². The van der Waals surface area contributed by atoms with E-state index in [-0.39, 0.29) is 17.1 Å². The van der Waals surface area contributed by atoms with Crippen LogP contribution in [0.15, 0.2) is 46.2 Å². The van der Waals surface area contributed by atoms with Crippen LogP contribution < -0.4 is 10.6 Å². The summed E-state index contributed by atoms with van der Waals surface area (Å²) in [5.41, 5.74) is 1.58. The number of carbonyl (C=O) groups excluding carboxylic acids is 2. The van der Waals surface area contributed by atoms with Crippen LogP contribution in [-0.2, 0) is 16.2 Å². The highest BCUT2D eigenvalue weighted by Gasteiger charge is 2.28. The number of fused-ring (bicyclic) bond motifs is 1. The first-order chi connectivity index (χ1) is 13.9. The topological polar surface area (TPSA) is 84.5 Å². The number of benzene rings is 2. The largest absolute Gasteiger partial charge is 0.593 e. The minimum atomic E-state index is -1.35. The van der Waals surface area contributed by atoms with Crippen LogP contribution in [0.2, 0.25) is 5.02 Å². The number of hydrogen-bond acceptors (Lipinski definition) is 5. The van der Waals surface area contributed by atoms with Crippen LogP contribution in [0.3, 0.4) is 0 Å². The van der Waals surface area contributed by atoms with Crippen molar-refractivity contribution in [2.24, 2.45) is 0 Å². The molecule has 2 aromatic rings. The lowest BCUT2D eigenvalue weighted by molar-refractivity contribution is -0.115. The van der Waals surface area contributed by atoms with Crippen LogP contribution in [0, 0.1) is 0 Å². The maximum atomic E-state index is 12.8. The third-order valence-corrected chi connectivity index (χ3v) is 8.02. The summed E-state index contributed by atoms with van der Waals surface area (Å²) in [5, 5.41) is 5.91. The molecule has 2 unspecified atom stereocenters. The van der Waals surface area contributed by atoms with E-state index in [9.17, 15) is 14.1 Å². The average molecular weight is 450 g/mol. The van der Waals surface area contributed by atoms with E-state index in [1.807, 2.05) is 17.3 Å². The molecule has 0 radical (unpaired) electrons. The summed E-state index contributed by atoms with van der Waals surface area (Å²) in [4.78, 5) is 26.0. The highest BCUT2D eigenvalue weighted by Crippen LogP contribution is 2.36. The van der Waals surface area contributed by atoms with Crippen LogP contribution >= 0.6 is 23.4 Å². The summed E-state index contributed by atoms with van der Waals surface area (Å²) in [6.45, 7) is 3.39. The van der Waals surface area contributed by atoms with Gasteiger partial charge in [-0.2, -0.15) is 0 Å². The van der Waals surface area contributed by atoms with Gasteiger partial charge < -0.3 is 15.2 Å². The molecule has 2 aliphatic rings. The number of halogens is 1. The van der Waals surface area contributed by atoms with E-state index < -0.39 is 11.4 Å². The second kappa shape index (κ2) is 8.57. The molecule has 2 N–H and O–H groups in total. The van der Waals surface area contributed by atoms with Gasteiger partial charge in [0.1, 0.15) is 0 Å². The lowest BCUT2D eigenvalue weighted by Gasteiger charge is -2.22. The molecule has 0 bridgehead atoms. The normalized spacial score (nSPS) is 20.1. The van der Waals surface area contributed by atoms with Crippen molar-refractivity contribution >= 4 is 57.9 Å². The average Bonchev–Trinajstić information content (AvgIpc) is 3.24. The van der Waals surface area contributed by atoms with E-state index in [1.165, 1.54) is 11.8 Å². The molecule has 0 saturated carbocycles. The number of nitrogens with one attached hydrogen (secondary N) is 2. The van der Waals surface area contributed by atoms with E-state index in [2.05, 4.69) is 10.6 Å². The lowest BCUT2D eigenvalue weighted by atomic mass is 10.1. The maximum Gasteiger partial charge on any atom is 0.255 e. The second-order valence-corrected chi connectivity index (χ2v) is 10.2. The van der Waals surface area contributed by atoms with Crippen molar-refractivity contribution in [3.05, 3.63) is 47.0 Å². The number of nitrogens with zero attached hydrogens (tertiary/aromatic N) is 1. The summed E-state index contributed by atoms with van der Waals surface area (Å²) in [5.74, 6) is -0.391. The third kappa shape index (κ3) is 4.41. The first-order valence-corrected chi connectivity index (χ1v) is 11.7. The van der Waals surface area contributed by atoms with E-state index in [1.54, 1.807) is 30.3 Å². The van der Waals surface area contributed by atoms with Gasteiger partial charge in [-0.1, -0.05) is 11.6 Å². The van der Waals surface area contributed by atoms with Gasteiger partial charge in [-0.15, -0.1) is 16.1 Å². The summed E-state index contributed by atoms with van der Waals surface area (Å²) in [6.07, 6.45) is 2.04. The van der Waals surface area contributed by atoms with Gasteiger partial charge >= 0.3 is 0 Å². The van der Waals surface area contributed by atoms with Crippen LogP contribution in [0.1, 0.15) is 30.1 Å². The van der Waals surface area contributed by atoms with Crippen LogP contribution in [0.4, 0.5) is 11.4 Å². The van der Waals surface area contributed by atoms with Crippen LogP contribution in [0.5, 0.6) is 0 Å². The maximum absolute atomic E-state index is 12.8. The van der Waals surface area contributed by atoms with Gasteiger partial charge in [0, 0.05) is 35.3 Å². The Kier molecular flexibility index (Phi) is 6.08. The van der Waals surface area contributed by atoms with Crippen molar-refractivity contribution in [3.63, 3.8) is 0 Å². The van der Waals surface area contributed by atoms with Gasteiger partial charge in [0.05, 0.1) is 27.3 Å². The molecule has 2 amide bonds. The standard InChI is InChI=1S/C20H20ClN3O3S2/c1-12-19(25)23-16-10-13(4-7-17(16)28-12)20(26)22-14-5-6-15(21)18(11-14)29(27)24-8-2-3-9-24/h4-7,10-12H,2-3,8-9H2,1H3,(H,22,26)(H,23,25). The van der Waals surface area contributed by atoms with Gasteiger partial charge in [-0.05, 0) is 50.1 Å². The predicted octanol–water partition coefficient (Wildman–Crippen LogP) is 4.14. The first kappa shape index (κ1) is 20.6. The van der Waals surface area contributed by atoms with Crippen molar-refractivity contribution in [2.75, 3.05) is 23.7 Å². The minimum absolute atomic E-state index is 0.0770. The minimum Gasteiger partial charge on any atom is -0.593 e. The van der Waals surface area contributed by atoms with Crippen LogP contribution in [0.25, 0.3) is 0 Å². The van der Waals surface area contributed by atoms with Crippen molar-refractivity contribution < 1.29 is 14.1 Å². The Labute approximate surface area is 181 Å². The Morgan fingerprint density at radius 1 is 1.28 bits per heavy atom. The molecular formula is C20H20ClN3O3S2. The zero-order chi connectivity index (χ0) is 20.5. The molecule has 4 rings (SSSR count). The van der Waals surface area contributed by atoms with E-state index >= 15 is 0 Å². The molecular weight excluding hydrogens is 430 g/mol. The SMILES string of the molecule is CC1Sc2ccc(C(=O)Nc3ccc(Cl)c([S+]([O-])N4CCCC4)c3)cc2NC1=O. The molecule has 6 nitrogen and oxygen atoms in total. The second-order valence-electron chi connectivity index (χ2n) is 6.94. The molecule has 9 heteroatoms. The van der Waals surface area contributed by atoms with Crippen LogP contribution in [-0.4, -0.2) is 39.0 Å². The highest BCUT2D eigenvalue weighted by atomic mass is 35.5. The quantitative estimate of drug-likeness (QED) is 0.685. The molecule has 0 aliphatic carbocycles. The fourth-order valence-corrected chi connectivity index (χ4v) is 5.84. The summed E-state index contributed by atoms with van der Waals surface area (Å²) in [6, 6.07) is 10.2. The molecule has 152 valence electrons. The molecule has 29 heavy (non-hydrogen) atoms. The van der Waals surface area contributed by atoms with E-state index in [0.29, 0.717) is 26.9 Å². The fraction of sp³-hybridized carbons (Fsp3) is 0.300. The highest BCUT2D eigenvalue weighted by molar-refractivity contribution is 8.01. The lowest BCUT2D eigenvalue weighted by Crippen LogP contribution is -2.28. The van der Waals surface area contributed by atoms with E-state index in [0.717, 1.165) is 30.8 Å². The summed E-state index contributed by atoms with van der Waals surface area (Å²) in [7, 11) is 0. The van der Waals surface area contributed by atoms with Crippen molar-refractivity contribution in [1.82, 2.24) is 4.31 Å². The molecule has 1 saturated heterocycles. The third-order valence-electron chi connectivity index (χ3n) is 4.85. The van der Waals surface area contributed by atoms with Gasteiger partial charge in [0.15, 0.2) is 4.90 Å². The van der Waals surface area contributed by atoms with Gasteiger partial charge in [0.2, 0.25) is 5.91 Å². The van der Waals surface area contributed by atoms with Crippen molar-refractivity contribution in [3.8, 4) is 0 Å². The number of rotatable bonds is 4. The molecule has 1 fully saturated rings. The Bertz CT molecular complexity index is 966. The van der Waals surface area contributed by atoms with Gasteiger partial charge in [-0.25, -0.2) is 0 Å². The Morgan fingerprint density at radius 3 is 2.79 bits per heavy atom. The first-order valence-electron chi connectivity index (χ1n) is 9.31. The van der Waals surface area contributed by atoms with Gasteiger partial charge in [0.25, 0.3) is 5.91 Å². The van der Waals surface area contributed by atoms with Crippen molar-refractivity contribution in [2.45, 2.75) is 34.8 Å². The number of thioether (sulfide) groups is 1. The fourth-order valence-electron chi connectivity index (χ4n) is 3.26. The smallest absolute Gasteiger partial charge is 0.255 e.